The van der Waals surface area contributed by atoms with E-state index in [0.717, 1.165) is 6.42 Å². The summed E-state index contributed by atoms with van der Waals surface area (Å²) < 4.78 is 4.98. The number of aromatic nitrogens is 2. The molecule has 74 valence electrons. The quantitative estimate of drug-likeness (QED) is 0.727. The molecule has 0 aliphatic carbocycles. The van der Waals surface area contributed by atoms with Gasteiger partial charge < -0.3 is 15.5 Å². The topological polar surface area (TPSA) is 77.0 Å². The zero-order valence-corrected chi connectivity index (χ0v) is 8.08. The molecule has 1 rings (SSSR count). The van der Waals surface area contributed by atoms with Crippen molar-refractivity contribution in [2.45, 2.75) is 39.2 Å². The van der Waals surface area contributed by atoms with Crippen LogP contribution < -0.4 is 11.1 Å². The zero-order chi connectivity index (χ0) is 9.68. The van der Waals surface area contributed by atoms with E-state index in [9.17, 15) is 0 Å². The van der Waals surface area contributed by atoms with E-state index in [-0.39, 0.29) is 6.01 Å². The first-order chi connectivity index (χ1) is 6.22. The van der Waals surface area contributed by atoms with E-state index in [1.165, 1.54) is 12.8 Å². The van der Waals surface area contributed by atoms with Crippen LogP contribution in [0.3, 0.4) is 0 Å². The van der Waals surface area contributed by atoms with Crippen molar-refractivity contribution in [3.05, 3.63) is 0 Å². The molecule has 0 aromatic carbocycles. The van der Waals surface area contributed by atoms with E-state index in [2.05, 4.69) is 29.4 Å². The Bertz CT molecular complexity index is 248. The molecule has 1 heterocycles. The van der Waals surface area contributed by atoms with Gasteiger partial charge in [-0.3, -0.25) is 0 Å². The Morgan fingerprint density at radius 3 is 2.85 bits per heavy atom. The highest BCUT2D eigenvalue weighted by Gasteiger charge is 2.06. The van der Waals surface area contributed by atoms with Crippen LogP contribution in [0.1, 0.15) is 33.1 Å². The molecule has 13 heavy (non-hydrogen) atoms. The highest BCUT2D eigenvalue weighted by Crippen LogP contribution is 2.10. The standard InChI is InChI=1S/C8H16N4O/c1-3-4-5-6(2)10-8-12-11-7(9)13-8/h6H,3-5H2,1-2H3,(H2,9,11)(H,10,12). The van der Waals surface area contributed by atoms with Crippen molar-refractivity contribution in [3.63, 3.8) is 0 Å². The highest BCUT2D eigenvalue weighted by molar-refractivity contribution is 5.23. The number of hydrogen-bond acceptors (Lipinski definition) is 5. The van der Waals surface area contributed by atoms with Crippen LogP contribution in [-0.4, -0.2) is 16.2 Å². The van der Waals surface area contributed by atoms with Crippen molar-refractivity contribution in [1.82, 2.24) is 10.2 Å². The Balaban J connectivity index is 2.31. The summed E-state index contributed by atoms with van der Waals surface area (Å²) in [6.07, 6.45) is 3.48. The van der Waals surface area contributed by atoms with E-state index in [1.807, 2.05) is 0 Å². The number of unbranched alkanes of at least 4 members (excludes halogenated alkanes) is 1. The van der Waals surface area contributed by atoms with Gasteiger partial charge in [0.2, 0.25) is 0 Å². The van der Waals surface area contributed by atoms with E-state index < -0.39 is 0 Å². The van der Waals surface area contributed by atoms with Crippen LogP contribution in [0.5, 0.6) is 0 Å². The van der Waals surface area contributed by atoms with Crippen molar-refractivity contribution >= 4 is 12.0 Å². The summed E-state index contributed by atoms with van der Waals surface area (Å²) in [6.45, 7) is 4.24. The maximum Gasteiger partial charge on any atom is 0.317 e. The van der Waals surface area contributed by atoms with Crippen molar-refractivity contribution in [2.24, 2.45) is 0 Å². The third-order valence-electron chi connectivity index (χ3n) is 1.80. The maximum atomic E-state index is 5.27. The van der Waals surface area contributed by atoms with Gasteiger partial charge in [-0.15, -0.1) is 0 Å². The molecule has 0 aliphatic heterocycles. The lowest BCUT2D eigenvalue weighted by Gasteiger charge is -2.09. The van der Waals surface area contributed by atoms with Gasteiger partial charge >= 0.3 is 12.0 Å². The number of nitrogen functional groups attached to an aromatic ring is 1. The summed E-state index contributed by atoms with van der Waals surface area (Å²) in [7, 11) is 0. The zero-order valence-electron chi connectivity index (χ0n) is 8.08. The molecule has 0 spiro atoms. The minimum Gasteiger partial charge on any atom is -0.390 e. The van der Waals surface area contributed by atoms with E-state index in [4.69, 9.17) is 10.2 Å². The first-order valence-corrected chi connectivity index (χ1v) is 4.58. The number of hydrogen-bond donors (Lipinski definition) is 2. The number of rotatable bonds is 5. The van der Waals surface area contributed by atoms with Crippen LogP contribution in [0.4, 0.5) is 12.0 Å². The molecule has 1 atom stereocenters. The van der Waals surface area contributed by atoms with Gasteiger partial charge in [0, 0.05) is 6.04 Å². The molecule has 5 heteroatoms. The first-order valence-electron chi connectivity index (χ1n) is 4.58. The Labute approximate surface area is 77.7 Å². The van der Waals surface area contributed by atoms with Crippen LogP contribution >= 0.6 is 0 Å². The molecule has 1 aromatic heterocycles. The molecule has 0 saturated carbocycles. The van der Waals surface area contributed by atoms with Gasteiger partial charge in [-0.1, -0.05) is 30.0 Å². The fourth-order valence-corrected chi connectivity index (χ4v) is 1.09. The molecule has 1 aromatic rings. The summed E-state index contributed by atoms with van der Waals surface area (Å²) in [6, 6.07) is 0.853. The largest absolute Gasteiger partial charge is 0.390 e. The Morgan fingerprint density at radius 1 is 1.54 bits per heavy atom. The lowest BCUT2D eigenvalue weighted by molar-refractivity contribution is 0.561. The van der Waals surface area contributed by atoms with Crippen molar-refractivity contribution in [3.8, 4) is 0 Å². The maximum absolute atomic E-state index is 5.27. The molecule has 5 nitrogen and oxygen atoms in total. The highest BCUT2D eigenvalue weighted by atomic mass is 16.4. The predicted molar refractivity (Wildman–Crippen MR) is 51.3 cm³/mol. The number of nitrogens with two attached hydrogens (primary N) is 1. The van der Waals surface area contributed by atoms with Crippen LogP contribution in [0.15, 0.2) is 4.42 Å². The van der Waals surface area contributed by atoms with Gasteiger partial charge in [-0.25, -0.2) is 0 Å². The van der Waals surface area contributed by atoms with Crippen LogP contribution in [0.2, 0.25) is 0 Å². The number of anilines is 2. The molecule has 3 N–H and O–H groups in total. The molecule has 0 saturated heterocycles. The van der Waals surface area contributed by atoms with Crippen molar-refractivity contribution < 1.29 is 4.42 Å². The van der Waals surface area contributed by atoms with Crippen molar-refractivity contribution in [1.29, 1.82) is 0 Å². The second-order valence-corrected chi connectivity index (χ2v) is 3.13. The smallest absolute Gasteiger partial charge is 0.317 e. The molecular formula is C8H16N4O. The Hall–Kier alpha value is -1.26. The molecular weight excluding hydrogens is 168 g/mol. The van der Waals surface area contributed by atoms with Gasteiger partial charge in [0.1, 0.15) is 0 Å². The molecule has 1 unspecified atom stereocenters. The summed E-state index contributed by atoms with van der Waals surface area (Å²) in [5, 5.41) is 10.3. The minimum atomic E-state index is 0.102. The SMILES string of the molecule is CCCCC(C)Nc1nnc(N)o1. The molecule has 0 amide bonds. The average molecular weight is 184 g/mol. The Morgan fingerprint density at radius 2 is 2.31 bits per heavy atom. The van der Waals surface area contributed by atoms with Crippen molar-refractivity contribution in [2.75, 3.05) is 11.1 Å². The fourth-order valence-electron chi connectivity index (χ4n) is 1.09. The summed E-state index contributed by atoms with van der Waals surface area (Å²) in [5.41, 5.74) is 5.27. The van der Waals surface area contributed by atoms with Gasteiger partial charge in [-0.05, 0) is 13.3 Å². The minimum absolute atomic E-state index is 0.102. The normalized spacial score (nSPS) is 12.8. The molecule has 0 radical (unpaired) electrons. The third-order valence-corrected chi connectivity index (χ3v) is 1.80. The van der Waals surface area contributed by atoms with Crippen LogP contribution in [-0.2, 0) is 0 Å². The van der Waals surface area contributed by atoms with Crippen LogP contribution in [0, 0.1) is 0 Å². The molecule has 0 aliphatic rings. The Kier molecular flexibility index (Phi) is 3.54. The van der Waals surface area contributed by atoms with E-state index in [1.54, 1.807) is 0 Å². The second kappa shape index (κ2) is 4.69. The third kappa shape index (κ3) is 3.31. The van der Waals surface area contributed by atoms with Gasteiger partial charge in [0.25, 0.3) is 0 Å². The lowest BCUT2D eigenvalue weighted by Crippen LogP contribution is -2.14. The lowest BCUT2D eigenvalue weighted by atomic mass is 10.1. The summed E-state index contributed by atoms with van der Waals surface area (Å²) in [5.74, 6) is 0. The number of nitrogens with zero attached hydrogens (tertiary/aromatic N) is 2. The monoisotopic (exact) mass is 184 g/mol. The van der Waals surface area contributed by atoms with Gasteiger partial charge in [0.05, 0.1) is 0 Å². The van der Waals surface area contributed by atoms with E-state index >= 15 is 0 Å². The van der Waals surface area contributed by atoms with Crippen LogP contribution in [0.25, 0.3) is 0 Å². The van der Waals surface area contributed by atoms with Gasteiger partial charge in [-0.2, -0.15) is 0 Å². The predicted octanol–water partition coefficient (Wildman–Crippen LogP) is 1.64. The number of nitrogens with one attached hydrogen (secondary N) is 1. The summed E-state index contributed by atoms with van der Waals surface area (Å²) in [4.78, 5) is 0. The molecule has 0 bridgehead atoms. The summed E-state index contributed by atoms with van der Waals surface area (Å²) >= 11 is 0. The average Bonchev–Trinajstić information content (AvgIpc) is 2.48. The second-order valence-electron chi connectivity index (χ2n) is 3.13. The fraction of sp³-hybridized carbons (Fsp3) is 0.750. The van der Waals surface area contributed by atoms with E-state index in [0.29, 0.717) is 12.1 Å². The first kappa shape index (κ1) is 9.83. The molecule has 0 fully saturated rings. The van der Waals surface area contributed by atoms with Gasteiger partial charge in [0.15, 0.2) is 0 Å².